The zero-order valence-electron chi connectivity index (χ0n) is 6.89. The Balaban J connectivity index is 0. The quantitative estimate of drug-likeness (QED) is 0.630. The number of rotatable bonds is 1. The summed E-state index contributed by atoms with van der Waals surface area (Å²) in [6.07, 6.45) is 0. The van der Waals surface area contributed by atoms with E-state index in [-0.39, 0.29) is 1.43 Å². The van der Waals surface area contributed by atoms with E-state index in [1.807, 2.05) is 51.2 Å². The summed E-state index contributed by atoms with van der Waals surface area (Å²) in [6, 6.07) is 10.1. The molecule has 1 aromatic carbocycles. The van der Waals surface area contributed by atoms with Gasteiger partial charge < -0.3 is 5.32 Å². The number of benzene rings is 1. The van der Waals surface area contributed by atoms with E-state index in [1.54, 1.807) is 0 Å². The Kier molecular flexibility index (Phi) is 5.54. The Morgan fingerprint density at radius 1 is 1.10 bits per heavy atom. The maximum absolute atomic E-state index is 3.03. The zero-order valence-corrected chi connectivity index (χ0v) is 6.89. The molecule has 0 aliphatic heterocycles. The molecule has 10 heavy (non-hydrogen) atoms. The van der Waals surface area contributed by atoms with Crippen LogP contribution in [0.25, 0.3) is 0 Å². The summed E-state index contributed by atoms with van der Waals surface area (Å²) >= 11 is 0. The van der Waals surface area contributed by atoms with E-state index in [1.165, 1.54) is 0 Å². The van der Waals surface area contributed by atoms with Crippen molar-refractivity contribution in [3.05, 3.63) is 30.3 Å². The van der Waals surface area contributed by atoms with E-state index >= 15 is 0 Å². The van der Waals surface area contributed by atoms with Crippen LogP contribution in [0.1, 0.15) is 15.3 Å². The van der Waals surface area contributed by atoms with Crippen molar-refractivity contribution in [3.63, 3.8) is 0 Å². The molecule has 1 N–H and O–H groups in total. The molecule has 0 atom stereocenters. The van der Waals surface area contributed by atoms with Crippen LogP contribution in [0.3, 0.4) is 0 Å². The molecule has 0 radical (unpaired) electrons. The second-order valence-electron chi connectivity index (χ2n) is 1.62. The summed E-state index contributed by atoms with van der Waals surface area (Å²) < 4.78 is 0. The van der Waals surface area contributed by atoms with Crippen LogP contribution in [0.4, 0.5) is 5.69 Å². The first-order valence-electron chi connectivity index (χ1n) is 3.66. The number of anilines is 1. The molecule has 1 nitrogen and oxygen atoms in total. The van der Waals surface area contributed by atoms with Gasteiger partial charge in [-0.2, -0.15) is 0 Å². The summed E-state index contributed by atoms with van der Waals surface area (Å²) in [5.41, 5.74) is 1.16. The first-order chi connectivity index (χ1) is 4.93. The van der Waals surface area contributed by atoms with Crippen LogP contribution < -0.4 is 5.32 Å². The first kappa shape index (κ1) is 9.02. The van der Waals surface area contributed by atoms with E-state index in [0.717, 1.165) is 5.69 Å². The summed E-state index contributed by atoms with van der Waals surface area (Å²) in [5, 5.41) is 3.03. The molecular formula is C9H17N. The molecule has 0 aliphatic carbocycles. The predicted octanol–water partition coefficient (Wildman–Crippen LogP) is 3.00. The second-order valence-corrected chi connectivity index (χ2v) is 1.62. The molecule has 0 fully saturated rings. The van der Waals surface area contributed by atoms with Gasteiger partial charge in [-0.05, 0) is 12.1 Å². The normalized spacial score (nSPS) is 7.50. The van der Waals surface area contributed by atoms with Crippen molar-refractivity contribution in [2.24, 2.45) is 0 Å². The van der Waals surface area contributed by atoms with Crippen molar-refractivity contribution in [1.29, 1.82) is 0 Å². The van der Waals surface area contributed by atoms with Crippen LogP contribution >= 0.6 is 0 Å². The Bertz CT molecular complexity index is 151. The highest BCUT2D eigenvalue weighted by atomic mass is 14.8. The van der Waals surface area contributed by atoms with Gasteiger partial charge in [-0.25, -0.2) is 0 Å². The Labute approximate surface area is 64.6 Å². The van der Waals surface area contributed by atoms with Gasteiger partial charge in [0.15, 0.2) is 0 Å². The molecule has 0 aromatic heterocycles. The van der Waals surface area contributed by atoms with E-state index in [9.17, 15) is 0 Å². The molecule has 0 unspecified atom stereocenters. The molecule has 0 bridgehead atoms. The van der Waals surface area contributed by atoms with E-state index < -0.39 is 0 Å². The summed E-state index contributed by atoms with van der Waals surface area (Å²) in [6.45, 7) is 4.00. The topological polar surface area (TPSA) is 12.0 Å². The lowest BCUT2D eigenvalue weighted by atomic mass is 10.3. The molecule has 0 saturated carbocycles. The van der Waals surface area contributed by atoms with Gasteiger partial charge in [0.05, 0.1) is 0 Å². The smallest absolute Gasteiger partial charge is 0.0337 e. The average Bonchev–Trinajstić information content (AvgIpc) is 2.10. The van der Waals surface area contributed by atoms with E-state index in [2.05, 4.69) is 5.32 Å². The second kappa shape index (κ2) is 6.14. The molecule has 1 heteroatoms. The van der Waals surface area contributed by atoms with Crippen molar-refractivity contribution in [2.45, 2.75) is 13.8 Å². The SMILES string of the molecule is CC.CNc1ccccc1.[HH]. The molecule has 0 saturated heterocycles. The molecular weight excluding hydrogens is 122 g/mol. The minimum atomic E-state index is 0. The van der Waals surface area contributed by atoms with Gasteiger partial charge in [-0.15, -0.1) is 0 Å². The summed E-state index contributed by atoms with van der Waals surface area (Å²) in [5.74, 6) is 0. The van der Waals surface area contributed by atoms with Crippen molar-refractivity contribution in [3.8, 4) is 0 Å². The molecule has 0 amide bonds. The summed E-state index contributed by atoms with van der Waals surface area (Å²) in [4.78, 5) is 0. The highest BCUT2D eigenvalue weighted by molar-refractivity contribution is 5.41. The predicted molar refractivity (Wildman–Crippen MR) is 49.5 cm³/mol. The highest BCUT2D eigenvalue weighted by Gasteiger charge is 1.77. The van der Waals surface area contributed by atoms with Gasteiger partial charge in [-0.3, -0.25) is 0 Å². The molecule has 58 valence electrons. The molecule has 0 spiro atoms. The molecule has 0 heterocycles. The van der Waals surface area contributed by atoms with Crippen molar-refractivity contribution >= 4 is 5.69 Å². The minimum Gasteiger partial charge on any atom is -0.388 e. The third-order valence-corrected chi connectivity index (χ3v) is 1.06. The van der Waals surface area contributed by atoms with Crippen LogP contribution in [0.5, 0.6) is 0 Å². The lowest BCUT2D eigenvalue weighted by Crippen LogP contribution is -1.84. The van der Waals surface area contributed by atoms with Gasteiger partial charge in [0.25, 0.3) is 0 Å². The standard InChI is InChI=1S/C7H9N.C2H6.H2/c1-8-7-5-3-2-4-6-7;1-2;/h2-6,8H,1H3;1-2H3;1H. The Hall–Kier alpha value is -0.980. The highest BCUT2D eigenvalue weighted by Crippen LogP contribution is 2.01. The Morgan fingerprint density at radius 2 is 1.60 bits per heavy atom. The van der Waals surface area contributed by atoms with Crippen LogP contribution in [-0.4, -0.2) is 7.05 Å². The van der Waals surface area contributed by atoms with Crippen molar-refractivity contribution < 1.29 is 1.43 Å². The van der Waals surface area contributed by atoms with Gasteiger partial charge in [0, 0.05) is 14.2 Å². The van der Waals surface area contributed by atoms with Crippen molar-refractivity contribution in [2.75, 3.05) is 12.4 Å². The monoisotopic (exact) mass is 139 g/mol. The zero-order chi connectivity index (χ0) is 7.82. The fraction of sp³-hybridized carbons (Fsp3) is 0.333. The third kappa shape index (κ3) is 3.13. The fourth-order valence-corrected chi connectivity index (χ4v) is 0.605. The molecule has 0 aliphatic rings. The number of hydrogen-bond donors (Lipinski definition) is 1. The largest absolute Gasteiger partial charge is 0.388 e. The van der Waals surface area contributed by atoms with Crippen LogP contribution in [0.2, 0.25) is 0 Å². The van der Waals surface area contributed by atoms with Crippen LogP contribution in [-0.2, 0) is 0 Å². The Morgan fingerprint density at radius 3 is 1.90 bits per heavy atom. The molecule has 1 rings (SSSR count). The van der Waals surface area contributed by atoms with Crippen LogP contribution in [0.15, 0.2) is 30.3 Å². The van der Waals surface area contributed by atoms with Gasteiger partial charge >= 0.3 is 0 Å². The van der Waals surface area contributed by atoms with Gasteiger partial charge in [0.1, 0.15) is 0 Å². The lowest BCUT2D eigenvalue weighted by molar-refractivity contribution is 1.50. The van der Waals surface area contributed by atoms with E-state index in [0.29, 0.717) is 0 Å². The number of nitrogens with one attached hydrogen (secondary N) is 1. The minimum absolute atomic E-state index is 0. The van der Waals surface area contributed by atoms with Crippen LogP contribution in [0, 0.1) is 0 Å². The van der Waals surface area contributed by atoms with E-state index in [4.69, 9.17) is 0 Å². The summed E-state index contributed by atoms with van der Waals surface area (Å²) in [7, 11) is 1.91. The van der Waals surface area contributed by atoms with Gasteiger partial charge in [0.2, 0.25) is 0 Å². The third-order valence-electron chi connectivity index (χ3n) is 1.06. The lowest BCUT2D eigenvalue weighted by Gasteiger charge is -1.94. The number of para-hydroxylation sites is 1. The maximum atomic E-state index is 3.03. The van der Waals surface area contributed by atoms with Gasteiger partial charge in [-0.1, -0.05) is 32.0 Å². The molecule has 1 aromatic rings. The average molecular weight is 139 g/mol. The number of hydrogen-bond acceptors (Lipinski definition) is 1. The van der Waals surface area contributed by atoms with Crippen molar-refractivity contribution in [1.82, 2.24) is 0 Å². The fourth-order valence-electron chi connectivity index (χ4n) is 0.605. The first-order valence-corrected chi connectivity index (χ1v) is 3.66. The maximum Gasteiger partial charge on any atom is 0.0337 e.